The molecule has 0 aromatic heterocycles. The predicted octanol–water partition coefficient (Wildman–Crippen LogP) is 0.852. The molecular formula is C19H33ClNO2-. The summed E-state index contributed by atoms with van der Waals surface area (Å²) in [6.45, 7) is 16.0. The molecule has 0 fully saturated rings. The number of rotatable bonds is 7. The van der Waals surface area contributed by atoms with Crippen LogP contribution in [0.25, 0.3) is 0 Å². The number of aliphatic hydroxyl groups is 1. The van der Waals surface area contributed by atoms with E-state index in [1.54, 1.807) is 0 Å². The Labute approximate surface area is 148 Å². The minimum absolute atomic E-state index is 0. The highest BCUT2D eigenvalue weighted by Gasteiger charge is 2.25. The van der Waals surface area contributed by atoms with Gasteiger partial charge in [-0.1, -0.05) is 26.8 Å². The quantitative estimate of drug-likeness (QED) is 0.772. The van der Waals surface area contributed by atoms with Crippen LogP contribution in [0.2, 0.25) is 0 Å². The molecule has 4 heteroatoms. The van der Waals surface area contributed by atoms with Crippen molar-refractivity contribution in [3.05, 3.63) is 29.3 Å². The van der Waals surface area contributed by atoms with Crippen LogP contribution in [0.5, 0.6) is 5.75 Å². The maximum absolute atomic E-state index is 10.1. The third kappa shape index (κ3) is 9.19. The van der Waals surface area contributed by atoms with Crippen molar-refractivity contribution in [3.63, 3.8) is 0 Å². The molecule has 23 heavy (non-hydrogen) atoms. The van der Waals surface area contributed by atoms with Crippen molar-refractivity contribution in [2.24, 2.45) is 5.41 Å². The van der Waals surface area contributed by atoms with Crippen molar-refractivity contribution in [1.82, 2.24) is 5.32 Å². The van der Waals surface area contributed by atoms with Crippen LogP contribution in [0.1, 0.15) is 52.2 Å². The van der Waals surface area contributed by atoms with Crippen LogP contribution in [0, 0.1) is 19.3 Å². The van der Waals surface area contributed by atoms with Gasteiger partial charge >= 0.3 is 0 Å². The van der Waals surface area contributed by atoms with Gasteiger partial charge in [0.25, 0.3) is 0 Å². The van der Waals surface area contributed by atoms with Gasteiger partial charge in [0.2, 0.25) is 0 Å². The summed E-state index contributed by atoms with van der Waals surface area (Å²) < 4.78 is 5.68. The van der Waals surface area contributed by atoms with E-state index in [0.29, 0.717) is 13.2 Å². The summed E-state index contributed by atoms with van der Waals surface area (Å²) in [4.78, 5) is 0. The molecule has 0 aliphatic carbocycles. The van der Waals surface area contributed by atoms with E-state index in [0.717, 1.165) is 12.2 Å². The molecule has 0 aliphatic heterocycles. The number of benzene rings is 1. The van der Waals surface area contributed by atoms with Gasteiger partial charge in [-0.3, -0.25) is 0 Å². The van der Waals surface area contributed by atoms with Gasteiger partial charge in [-0.25, -0.2) is 0 Å². The smallest absolute Gasteiger partial charge is 0.119 e. The van der Waals surface area contributed by atoms with E-state index < -0.39 is 6.10 Å². The standard InChI is InChI=1S/C19H33NO2.ClH/c1-14-8-9-17(10-15(14)2)22-12-16(21)11-20-19(6,7)13-18(3,4)5;/h8-10,16,20-21H,11-13H2,1-7H3;1H/p-1. The second kappa shape index (κ2) is 8.91. The first-order valence-electron chi connectivity index (χ1n) is 8.12. The van der Waals surface area contributed by atoms with Crippen LogP contribution < -0.4 is 22.5 Å². The molecule has 3 nitrogen and oxygen atoms in total. The van der Waals surface area contributed by atoms with E-state index in [2.05, 4.69) is 53.8 Å². The van der Waals surface area contributed by atoms with Gasteiger partial charge in [0.15, 0.2) is 0 Å². The zero-order valence-corrected chi connectivity index (χ0v) is 16.4. The molecule has 1 aromatic carbocycles. The molecule has 0 aliphatic rings. The zero-order chi connectivity index (χ0) is 17.0. The van der Waals surface area contributed by atoms with Crippen molar-refractivity contribution in [3.8, 4) is 5.75 Å². The summed E-state index contributed by atoms with van der Waals surface area (Å²) in [6, 6.07) is 6.01. The highest BCUT2D eigenvalue weighted by molar-refractivity contribution is 5.33. The molecule has 0 heterocycles. The Balaban J connectivity index is 0.00000484. The lowest BCUT2D eigenvalue weighted by Gasteiger charge is -2.34. The number of aryl methyl sites for hydroxylation is 2. The Kier molecular flexibility index (Phi) is 8.61. The maximum atomic E-state index is 10.1. The number of nitrogens with one attached hydrogen (secondary N) is 1. The van der Waals surface area contributed by atoms with Gasteiger partial charge in [0.1, 0.15) is 18.5 Å². The van der Waals surface area contributed by atoms with Crippen molar-refractivity contribution < 1.29 is 22.3 Å². The zero-order valence-electron chi connectivity index (χ0n) is 15.7. The molecule has 134 valence electrons. The van der Waals surface area contributed by atoms with Gasteiger partial charge in [0.05, 0.1) is 0 Å². The van der Waals surface area contributed by atoms with Gasteiger partial charge in [-0.15, -0.1) is 0 Å². The average molecular weight is 343 g/mol. The number of ether oxygens (including phenoxy) is 1. The van der Waals surface area contributed by atoms with E-state index in [9.17, 15) is 5.11 Å². The molecule has 0 saturated carbocycles. The van der Waals surface area contributed by atoms with Gasteiger partial charge in [-0.05, 0) is 62.8 Å². The lowest BCUT2D eigenvalue weighted by molar-refractivity contribution is -0.00000817. The summed E-state index contributed by atoms with van der Waals surface area (Å²) in [7, 11) is 0. The third-order valence-electron chi connectivity index (χ3n) is 3.71. The Bertz CT molecular complexity index is 481. The van der Waals surface area contributed by atoms with Crippen LogP contribution in [0.15, 0.2) is 18.2 Å². The third-order valence-corrected chi connectivity index (χ3v) is 3.71. The van der Waals surface area contributed by atoms with Crippen LogP contribution in [-0.4, -0.2) is 29.9 Å². The fourth-order valence-corrected chi connectivity index (χ4v) is 2.84. The van der Waals surface area contributed by atoms with Crippen molar-refractivity contribution in [2.75, 3.05) is 13.2 Å². The van der Waals surface area contributed by atoms with Gasteiger partial charge < -0.3 is 27.6 Å². The molecule has 0 bridgehead atoms. The molecule has 0 amide bonds. The maximum Gasteiger partial charge on any atom is 0.119 e. The molecular weight excluding hydrogens is 310 g/mol. The molecule has 0 radical (unpaired) electrons. The summed E-state index contributed by atoms with van der Waals surface area (Å²) in [5.74, 6) is 0.816. The van der Waals surface area contributed by atoms with Crippen LogP contribution >= 0.6 is 0 Å². The normalized spacial score (nSPS) is 13.4. The molecule has 1 atom stereocenters. The molecule has 2 N–H and O–H groups in total. The summed E-state index contributed by atoms with van der Waals surface area (Å²) in [6.07, 6.45) is 0.533. The van der Waals surface area contributed by atoms with Crippen molar-refractivity contribution >= 4 is 0 Å². The minimum atomic E-state index is -0.513. The molecule has 1 unspecified atom stereocenters. The Morgan fingerprint density at radius 3 is 2.22 bits per heavy atom. The monoisotopic (exact) mass is 342 g/mol. The Morgan fingerprint density at radius 2 is 1.70 bits per heavy atom. The highest BCUT2D eigenvalue weighted by Crippen LogP contribution is 2.26. The largest absolute Gasteiger partial charge is 1.00 e. The minimum Gasteiger partial charge on any atom is -1.00 e. The first-order valence-corrected chi connectivity index (χ1v) is 8.12. The highest BCUT2D eigenvalue weighted by atomic mass is 35.5. The number of β-amino-alcohol motifs (C(OH)–C–C–N with tert-alkyl or cyclic N) is 1. The van der Waals surface area contributed by atoms with E-state index >= 15 is 0 Å². The SMILES string of the molecule is Cc1ccc(OCC(O)CNC(C)(C)CC(C)(C)C)cc1C.[Cl-]. The number of hydrogen-bond donors (Lipinski definition) is 2. The molecule has 1 aromatic rings. The Morgan fingerprint density at radius 1 is 1.09 bits per heavy atom. The van der Waals surface area contributed by atoms with Crippen molar-refractivity contribution in [2.45, 2.75) is 66.5 Å². The fraction of sp³-hybridized carbons (Fsp3) is 0.684. The lowest BCUT2D eigenvalue weighted by Crippen LogP contribution is -3.00. The Hall–Kier alpha value is -0.770. The van der Waals surface area contributed by atoms with Crippen LogP contribution in [-0.2, 0) is 0 Å². The first-order chi connectivity index (χ1) is 9.98. The number of aliphatic hydroxyl groups excluding tert-OH is 1. The second-order valence-corrected chi connectivity index (χ2v) is 8.21. The van der Waals surface area contributed by atoms with Gasteiger partial charge in [0, 0.05) is 12.1 Å². The van der Waals surface area contributed by atoms with E-state index in [4.69, 9.17) is 4.74 Å². The topological polar surface area (TPSA) is 41.5 Å². The fourth-order valence-electron chi connectivity index (χ4n) is 2.84. The lowest BCUT2D eigenvalue weighted by atomic mass is 9.82. The van der Waals surface area contributed by atoms with Crippen LogP contribution in [0.4, 0.5) is 0 Å². The summed E-state index contributed by atoms with van der Waals surface area (Å²) in [5.41, 5.74) is 2.71. The average Bonchev–Trinajstić information content (AvgIpc) is 2.35. The van der Waals surface area contributed by atoms with E-state index in [1.165, 1.54) is 11.1 Å². The van der Waals surface area contributed by atoms with Gasteiger partial charge in [-0.2, -0.15) is 0 Å². The summed E-state index contributed by atoms with van der Waals surface area (Å²) >= 11 is 0. The molecule has 0 spiro atoms. The predicted molar refractivity (Wildman–Crippen MR) is 93.6 cm³/mol. The van der Waals surface area contributed by atoms with E-state index in [-0.39, 0.29) is 23.4 Å². The molecule has 0 saturated heterocycles. The molecule has 1 rings (SSSR count). The van der Waals surface area contributed by atoms with Crippen LogP contribution in [0.3, 0.4) is 0 Å². The van der Waals surface area contributed by atoms with E-state index in [1.807, 2.05) is 18.2 Å². The number of hydrogen-bond acceptors (Lipinski definition) is 3. The second-order valence-electron chi connectivity index (χ2n) is 8.21. The summed E-state index contributed by atoms with van der Waals surface area (Å²) in [5, 5.41) is 13.6. The number of halogens is 1. The van der Waals surface area contributed by atoms with Crippen molar-refractivity contribution in [1.29, 1.82) is 0 Å². The first kappa shape index (κ1) is 22.2.